The van der Waals surface area contributed by atoms with Gasteiger partial charge in [0.05, 0.1) is 5.56 Å². The summed E-state index contributed by atoms with van der Waals surface area (Å²) in [6.45, 7) is 3.99. The molecule has 0 aliphatic rings. The van der Waals surface area contributed by atoms with Crippen molar-refractivity contribution >= 4 is 21.8 Å². The van der Waals surface area contributed by atoms with E-state index in [-0.39, 0.29) is 5.56 Å². The standard InChI is InChI=1S/C11H11BrFNO/c1-2-3-7-14-11(15)10-8(12)5-4-6-9(10)13/h2,4-6H,1,3,7H2,(H,14,15). The summed E-state index contributed by atoms with van der Waals surface area (Å²) in [7, 11) is 0. The summed E-state index contributed by atoms with van der Waals surface area (Å²) >= 11 is 3.14. The van der Waals surface area contributed by atoms with Gasteiger partial charge in [-0.05, 0) is 34.5 Å². The van der Waals surface area contributed by atoms with E-state index < -0.39 is 11.7 Å². The van der Waals surface area contributed by atoms with Gasteiger partial charge in [0.1, 0.15) is 5.82 Å². The highest BCUT2D eigenvalue weighted by atomic mass is 79.9. The van der Waals surface area contributed by atoms with Crippen LogP contribution in [0.2, 0.25) is 0 Å². The molecule has 1 N–H and O–H groups in total. The van der Waals surface area contributed by atoms with Crippen molar-refractivity contribution in [3.05, 3.63) is 46.7 Å². The molecule has 0 heterocycles. The van der Waals surface area contributed by atoms with E-state index in [1.54, 1.807) is 18.2 Å². The number of halogens is 2. The molecule has 0 unspecified atom stereocenters. The first-order chi connectivity index (χ1) is 7.16. The molecule has 0 fully saturated rings. The lowest BCUT2D eigenvalue weighted by atomic mass is 10.2. The van der Waals surface area contributed by atoms with Crippen LogP contribution in [0.3, 0.4) is 0 Å². The van der Waals surface area contributed by atoms with Crippen LogP contribution in [0.1, 0.15) is 16.8 Å². The Morgan fingerprint density at radius 3 is 2.93 bits per heavy atom. The van der Waals surface area contributed by atoms with E-state index in [0.29, 0.717) is 17.4 Å². The third-order valence-electron chi connectivity index (χ3n) is 1.82. The number of amides is 1. The molecule has 0 aliphatic carbocycles. The Balaban J connectivity index is 2.77. The van der Waals surface area contributed by atoms with Gasteiger partial charge in [-0.25, -0.2) is 4.39 Å². The number of carbonyl (C=O) groups is 1. The van der Waals surface area contributed by atoms with Gasteiger partial charge in [0, 0.05) is 11.0 Å². The number of hydrogen-bond acceptors (Lipinski definition) is 1. The van der Waals surface area contributed by atoms with E-state index >= 15 is 0 Å². The summed E-state index contributed by atoms with van der Waals surface area (Å²) in [5.74, 6) is -0.942. The number of carbonyl (C=O) groups excluding carboxylic acids is 1. The van der Waals surface area contributed by atoms with Gasteiger partial charge in [-0.2, -0.15) is 0 Å². The molecule has 80 valence electrons. The summed E-state index contributed by atoms with van der Waals surface area (Å²) in [6.07, 6.45) is 2.36. The first-order valence-electron chi connectivity index (χ1n) is 4.50. The zero-order valence-electron chi connectivity index (χ0n) is 8.09. The highest BCUT2D eigenvalue weighted by Gasteiger charge is 2.14. The van der Waals surface area contributed by atoms with Crippen LogP contribution in [0.25, 0.3) is 0 Å². The fraction of sp³-hybridized carbons (Fsp3) is 0.182. The molecular weight excluding hydrogens is 261 g/mol. The molecule has 0 atom stereocenters. The van der Waals surface area contributed by atoms with E-state index in [1.807, 2.05) is 0 Å². The van der Waals surface area contributed by atoms with E-state index in [1.165, 1.54) is 6.07 Å². The zero-order chi connectivity index (χ0) is 11.3. The van der Waals surface area contributed by atoms with Crippen molar-refractivity contribution in [2.75, 3.05) is 6.54 Å². The maximum atomic E-state index is 13.3. The van der Waals surface area contributed by atoms with Crippen molar-refractivity contribution in [1.29, 1.82) is 0 Å². The summed E-state index contributed by atoms with van der Waals surface area (Å²) in [5.41, 5.74) is 0.0431. The molecule has 0 bridgehead atoms. The Morgan fingerprint density at radius 2 is 2.33 bits per heavy atom. The fourth-order valence-corrected chi connectivity index (χ4v) is 1.61. The quantitative estimate of drug-likeness (QED) is 0.662. The molecule has 0 saturated heterocycles. The molecule has 15 heavy (non-hydrogen) atoms. The topological polar surface area (TPSA) is 29.1 Å². The van der Waals surface area contributed by atoms with Crippen molar-refractivity contribution in [3.63, 3.8) is 0 Å². The molecule has 1 amide bonds. The lowest BCUT2D eigenvalue weighted by Crippen LogP contribution is -2.25. The van der Waals surface area contributed by atoms with Gasteiger partial charge in [-0.3, -0.25) is 4.79 Å². The van der Waals surface area contributed by atoms with Gasteiger partial charge in [0.15, 0.2) is 0 Å². The lowest BCUT2D eigenvalue weighted by molar-refractivity contribution is 0.0949. The normalized spacial score (nSPS) is 9.73. The summed E-state index contributed by atoms with van der Waals surface area (Å²) in [5, 5.41) is 2.60. The number of benzene rings is 1. The second-order valence-corrected chi connectivity index (χ2v) is 3.78. The summed E-state index contributed by atoms with van der Waals surface area (Å²) < 4.78 is 13.8. The van der Waals surface area contributed by atoms with Crippen LogP contribution in [0.4, 0.5) is 4.39 Å². The smallest absolute Gasteiger partial charge is 0.255 e. The van der Waals surface area contributed by atoms with Gasteiger partial charge in [0.2, 0.25) is 0 Å². The third kappa shape index (κ3) is 3.16. The molecule has 1 aromatic carbocycles. The largest absolute Gasteiger partial charge is 0.352 e. The molecule has 0 aliphatic heterocycles. The summed E-state index contributed by atoms with van der Waals surface area (Å²) in [6, 6.07) is 4.43. The van der Waals surface area contributed by atoms with Gasteiger partial charge < -0.3 is 5.32 Å². The predicted molar refractivity (Wildman–Crippen MR) is 61.2 cm³/mol. The number of nitrogens with one attached hydrogen (secondary N) is 1. The van der Waals surface area contributed by atoms with Crippen LogP contribution in [-0.2, 0) is 0 Å². The highest BCUT2D eigenvalue weighted by Crippen LogP contribution is 2.19. The van der Waals surface area contributed by atoms with Crippen molar-refractivity contribution < 1.29 is 9.18 Å². The van der Waals surface area contributed by atoms with Gasteiger partial charge >= 0.3 is 0 Å². The number of rotatable bonds is 4. The molecule has 0 saturated carbocycles. The van der Waals surface area contributed by atoms with E-state index in [2.05, 4.69) is 27.8 Å². The maximum Gasteiger partial charge on any atom is 0.255 e. The van der Waals surface area contributed by atoms with Crippen molar-refractivity contribution in [2.24, 2.45) is 0 Å². The average molecular weight is 272 g/mol. The molecule has 0 aromatic heterocycles. The van der Waals surface area contributed by atoms with Crippen molar-refractivity contribution in [1.82, 2.24) is 5.32 Å². The molecule has 1 aromatic rings. The van der Waals surface area contributed by atoms with Crippen LogP contribution in [0, 0.1) is 5.82 Å². The Kier molecular flexibility index (Phi) is 4.49. The average Bonchev–Trinajstić information content (AvgIpc) is 2.18. The van der Waals surface area contributed by atoms with Crippen LogP contribution in [-0.4, -0.2) is 12.5 Å². The van der Waals surface area contributed by atoms with Crippen LogP contribution >= 0.6 is 15.9 Å². The first-order valence-corrected chi connectivity index (χ1v) is 5.29. The maximum absolute atomic E-state index is 13.3. The van der Waals surface area contributed by atoms with Gasteiger partial charge in [-0.1, -0.05) is 12.1 Å². The molecule has 2 nitrogen and oxygen atoms in total. The number of hydrogen-bond donors (Lipinski definition) is 1. The Hall–Kier alpha value is -1.16. The van der Waals surface area contributed by atoms with Crippen molar-refractivity contribution in [3.8, 4) is 0 Å². The predicted octanol–water partition coefficient (Wildman–Crippen LogP) is 2.89. The van der Waals surface area contributed by atoms with Gasteiger partial charge in [0.25, 0.3) is 5.91 Å². The fourth-order valence-electron chi connectivity index (χ4n) is 1.09. The SMILES string of the molecule is C=CCCNC(=O)c1c(F)cccc1Br. The lowest BCUT2D eigenvalue weighted by Gasteiger charge is -2.06. The second kappa shape index (κ2) is 5.66. The minimum Gasteiger partial charge on any atom is -0.352 e. The Bertz CT molecular complexity index is 359. The van der Waals surface area contributed by atoms with Crippen LogP contribution < -0.4 is 5.32 Å². The van der Waals surface area contributed by atoms with Crippen LogP contribution in [0.5, 0.6) is 0 Å². The summed E-state index contributed by atoms with van der Waals surface area (Å²) in [4.78, 5) is 11.5. The molecule has 1 rings (SSSR count). The van der Waals surface area contributed by atoms with Crippen molar-refractivity contribution in [2.45, 2.75) is 6.42 Å². The highest BCUT2D eigenvalue weighted by molar-refractivity contribution is 9.10. The molecule has 4 heteroatoms. The first kappa shape index (κ1) is 11.9. The second-order valence-electron chi connectivity index (χ2n) is 2.93. The minimum absolute atomic E-state index is 0.0431. The van der Waals surface area contributed by atoms with Gasteiger partial charge in [-0.15, -0.1) is 6.58 Å². The molecule has 0 spiro atoms. The minimum atomic E-state index is -0.527. The molecular formula is C11H11BrFNO. The van der Waals surface area contributed by atoms with E-state index in [4.69, 9.17) is 0 Å². The Labute approximate surface area is 96.3 Å². The monoisotopic (exact) mass is 271 g/mol. The van der Waals surface area contributed by atoms with Crippen LogP contribution in [0.15, 0.2) is 35.3 Å². The molecule has 0 radical (unpaired) electrons. The zero-order valence-corrected chi connectivity index (χ0v) is 9.68. The van der Waals surface area contributed by atoms with E-state index in [9.17, 15) is 9.18 Å². The Morgan fingerprint density at radius 1 is 1.60 bits per heavy atom. The third-order valence-corrected chi connectivity index (χ3v) is 2.48. The van der Waals surface area contributed by atoms with E-state index in [0.717, 1.165) is 0 Å².